The summed E-state index contributed by atoms with van der Waals surface area (Å²) in [4.78, 5) is 31.4. The third-order valence-corrected chi connectivity index (χ3v) is 4.84. The predicted octanol–water partition coefficient (Wildman–Crippen LogP) is 1.39. The number of aromatic amines is 1. The molecule has 0 unspecified atom stereocenters. The number of anilines is 1. The number of para-hydroxylation sites is 1. The zero-order valence-electron chi connectivity index (χ0n) is 16.1. The Morgan fingerprint density at radius 1 is 1.39 bits per heavy atom. The van der Waals surface area contributed by atoms with Crippen LogP contribution in [-0.2, 0) is 11.2 Å². The number of likely N-dealkylation sites (N-methyl/N-ethyl adjacent to an activating group) is 1. The molecule has 0 saturated heterocycles. The van der Waals surface area contributed by atoms with E-state index in [9.17, 15) is 9.59 Å². The summed E-state index contributed by atoms with van der Waals surface area (Å²) in [6.07, 6.45) is 1.36. The van der Waals surface area contributed by atoms with Crippen LogP contribution in [0.5, 0.6) is 0 Å². The number of fused-ring (bicyclic) bond motifs is 1. The van der Waals surface area contributed by atoms with Gasteiger partial charge >= 0.3 is 0 Å². The van der Waals surface area contributed by atoms with Crippen LogP contribution in [0.1, 0.15) is 23.7 Å². The largest absolute Gasteiger partial charge is 0.370 e. The number of amides is 1. The summed E-state index contributed by atoms with van der Waals surface area (Å²) >= 11 is 0. The normalized spacial score (nSPS) is 11.8. The van der Waals surface area contributed by atoms with E-state index in [0.29, 0.717) is 17.8 Å². The number of nitrogens with one attached hydrogen (secondary N) is 2. The lowest BCUT2D eigenvalue weighted by Gasteiger charge is -2.27. The molecule has 0 fully saturated rings. The molecule has 2 aromatic heterocycles. The summed E-state index contributed by atoms with van der Waals surface area (Å²) in [6, 6.07) is 12.0. The molecule has 0 aliphatic rings. The number of benzene rings is 1. The molecule has 8 heteroatoms. The number of hydrogen-bond donors (Lipinski definition) is 2. The number of hydrogen-bond acceptors (Lipinski definition) is 5. The Morgan fingerprint density at radius 2 is 2.11 bits per heavy atom. The van der Waals surface area contributed by atoms with E-state index in [1.165, 1.54) is 10.7 Å². The smallest absolute Gasteiger partial charge is 0.276 e. The second-order valence-electron chi connectivity index (χ2n) is 6.72. The van der Waals surface area contributed by atoms with E-state index in [0.717, 1.165) is 5.69 Å². The van der Waals surface area contributed by atoms with Crippen molar-refractivity contribution in [3.63, 3.8) is 0 Å². The number of aromatic nitrogens is 3. The van der Waals surface area contributed by atoms with Crippen LogP contribution in [0, 0.1) is 18.3 Å². The fourth-order valence-corrected chi connectivity index (χ4v) is 2.98. The zero-order valence-corrected chi connectivity index (χ0v) is 16.1. The molecule has 0 aliphatic carbocycles. The molecule has 0 bridgehead atoms. The second-order valence-corrected chi connectivity index (χ2v) is 6.72. The van der Waals surface area contributed by atoms with Crippen molar-refractivity contribution in [3.8, 4) is 6.07 Å². The first-order valence-electron chi connectivity index (χ1n) is 8.96. The third-order valence-electron chi connectivity index (χ3n) is 4.84. The van der Waals surface area contributed by atoms with E-state index in [1.807, 2.05) is 50.4 Å². The lowest BCUT2D eigenvalue weighted by atomic mass is 10.1. The molecule has 0 spiro atoms. The lowest BCUT2D eigenvalue weighted by Crippen LogP contribution is -2.41. The van der Waals surface area contributed by atoms with Crippen LogP contribution >= 0.6 is 0 Å². The summed E-state index contributed by atoms with van der Waals surface area (Å²) in [5.41, 5.74) is 2.01. The molecule has 0 saturated carbocycles. The minimum Gasteiger partial charge on any atom is -0.370 e. The van der Waals surface area contributed by atoms with Crippen molar-refractivity contribution in [1.29, 1.82) is 5.26 Å². The summed E-state index contributed by atoms with van der Waals surface area (Å²) in [5, 5.41) is 14.7. The minimum absolute atomic E-state index is 0.0662. The molecule has 3 rings (SSSR count). The van der Waals surface area contributed by atoms with E-state index >= 15 is 0 Å². The van der Waals surface area contributed by atoms with Crippen LogP contribution < -0.4 is 15.8 Å². The van der Waals surface area contributed by atoms with Gasteiger partial charge in [0, 0.05) is 42.8 Å². The first-order valence-corrected chi connectivity index (χ1v) is 8.96. The van der Waals surface area contributed by atoms with Gasteiger partial charge in [0.05, 0.1) is 6.42 Å². The van der Waals surface area contributed by atoms with Crippen molar-refractivity contribution in [2.24, 2.45) is 0 Å². The highest BCUT2D eigenvalue weighted by molar-refractivity contribution is 5.79. The van der Waals surface area contributed by atoms with Crippen LogP contribution in [0.4, 0.5) is 5.69 Å². The number of rotatable bonds is 6. The molecule has 0 aliphatic heterocycles. The van der Waals surface area contributed by atoms with Gasteiger partial charge in [0.1, 0.15) is 11.6 Å². The van der Waals surface area contributed by atoms with Gasteiger partial charge in [-0.15, -0.1) is 0 Å². The van der Waals surface area contributed by atoms with Crippen LogP contribution in [0.15, 0.2) is 41.3 Å². The van der Waals surface area contributed by atoms with Crippen LogP contribution in [0.25, 0.3) is 5.65 Å². The molecule has 3 aromatic rings. The Bertz CT molecular complexity index is 1090. The maximum Gasteiger partial charge on any atom is 0.276 e. The topological polar surface area (TPSA) is 106 Å². The summed E-state index contributed by atoms with van der Waals surface area (Å²) in [6.45, 7) is 4.13. The minimum atomic E-state index is -0.367. The number of H-pyrrole nitrogens is 1. The second kappa shape index (κ2) is 7.96. The predicted molar refractivity (Wildman–Crippen MR) is 106 cm³/mol. The fraction of sp³-hybridized carbons (Fsp3) is 0.300. The molecular formula is C20H22N6O2. The van der Waals surface area contributed by atoms with Crippen LogP contribution in [0.3, 0.4) is 0 Å². The third kappa shape index (κ3) is 3.74. The number of nitrogens with zero attached hydrogens (tertiary/aromatic N) is 4. The van der Waals surface area contributed by atoms with Gasteiger partial charge in [-0.25, -0.2) is 9.50 Å². The lowest BCUT2D eigenvalue weighted by molar-refractivity contribution is -0.120. The number of carbonyl (C=O) groups is 1. The van der Waals surface area contributed by atoms with Gasteiger partial charge in [-0.3, -0.25) is 14.7 Å². The van der Waals surface area contributed by atoms with Crippen molar-refractivity contribution in [2.75, 3.05) is 18.5 Å². The monoisotopic (exact) mass is 378 g/mol. The first kappa shape index (κ1) is 19.2. The Labute approximate surface area is 162 Å². The van der Waals surface area contributed by atoms with Gasteiger partial charge in [0.25, 0.3) is 5.56 Å². The molecule has 2 heterocycles. The van der Waals surface area contributed by atoms with E-state index in [1.54, 1.807) is 6.92 Å². The Balaban J connectivity index is 1.68. The molecule has 28 heavy (non-hydrogen) atoms. The average molecular weight is 378 g/mol. The number of aryl methyl sites for hydroxylation is 1. The highest BCUT2D eigenvalue weighted by Gasteiger charge is 2.17. The Morgan fingerprint density at radius 3 is 2.79 bits per heavy atom. The molecule has 144 valence electrons. The molecule has 2 N–H and O–H groups in total. The Kier molecular flexibility index (Phi) is 5.45. The maximum atomic E-state index is 12.6. The van der Waals surface area contributed by atoms with E-state index < -0.39 is 0 Å². The van der Waals surface area contributed by atoms with Crippen molar-refractivity contribution in [1.82, 2.24) is 19.9 Å². The SMILES string of the molecule is Cc1nc2c(C#N)c[nH]n2c(=O)c1CC(=O)NC[C@H](C)N(C)c1ccccc1. The van der Waals surface area contributed by atoms with Gasteiger partial charge in [-0.1, -0.05) is 18.2 Å². The van der Waals surface area contributed by atoms with Crippen LogP contribution in [-0.4, -0.2) is 40.1 Å². The zero-order chi connectivity index (χ0) is 20.3. The fourth-order valence-electron chi connectivity index (χ4n) is 2.98. The molecule has 8 nitrogen and oxygen atoms in total. The number of nitriles is 1. The number of carbonyl (C=O) groups excluding carboxylic acids is 1. The molecule has 1 aromatic carbocycles. The average Bonchev–Trinajstić information content (AvgIpc) is 3.12. The van der Waals surface area contributed by atoms with Crippen molar-refractivity contribution in [2.45, 2.75) is 26.3 Å². The molecule has 0 radical (unpaired) electrons. The molecule has 1 atom stereocenters. The highest BCUT2D eigenvalue weighted by atomic mass is 16.2. The van der Waals surface area contributed by atoms with Crippen molar-refractivity contribution in [3.05, 3.63) is 63.7 Å². The van der Waals surface area contributed by atoms with Gasteiger partial charge < -0.3 is 10.2 Å². The van der Waals surface area contributed by atoms with Gasteiger partial charge in [0.2, 0.25) is 5.91 Å². The van der Waals surface area contributed by atoms with Gasteiger partial charge in [0.15, 0.2) is 5.65 Å². The summed E-state index contributed by atoms with van der Waals surface area (Å²) in [7, 11) is 1.97. The van der Waals surface area contributed by atoms with Gasteiger partial charge in [-0.2, -0.15) is 5.26 Å². The summed E-state index contributed by atoms with van der Waals surface area (Å²) < 4.78 is 1.19. The molecule has 1 amide bonds. The van der Waals surface area contributed by atoms with Crippen molar-refractivity contribution < 1.29 is 4.79 Å². The standard InChI is InChI=1S/C20H22N6O2/c1-13(25(3)16-7-5-4-6-8-16)11-22-18(27)9-17-14(2)24-19-15(10-21)12-23-26(19)20(17)28/h4-8,12-13,23H,9,11H2,1-3H3,(H,22,27)/t13-/m0/s1. The van der Waals surface area contributed by atoms with E-state index in [2.05, 4.69) is 20.3 Å². The first-order chi connectivity index (χ1) is 13.4. The highest BCUT2D eigenvalue weighted by Crippen LogP contribution is 2.13. The van der Waals surface area contributed by atoms with Gasteiger partial charge in [-0.05, 0) is 26.0 Å². The summed E-state index contributed by atoms with van der Waals surface area (Å²) in [5.74, 6) is -0.248. The quantitative estimate of drug-likeness (QED) is 0.674. The van der Waals surface area contributed by atoms with Crippen LogP contribution in [0.2, 0.25) is 0 Å². The maximum absolute atomic E-state index is 12.6. The van der Waals surface area contributed by atoms with E-state index in [4.69, 9.17) is 5.26 Å². The van der Waals surface area contributed by atoms with E-state index in [-0.39, 0.29) is 35.1 Å². The molecular weight excluding hydrogens is 356 g/mol. The van der Waals surface area contributed by atoms with Crippen molar-refractivity contribution >= 4 is 17.2 Å². The Hall–Kier alpha value is -3.60.